The van der Waals surface area contributed by atoms with Gasteiger partial charge in [-0.2, -0.15) is 11.8 Å². The van der Waals surface area contributed by atoms with E-state index in [1.165, 1.54) is 11.5 Å². The first-order valence-corrected chi connectivity index (χ1v) is 7.32. The number of thioether (sulfide) groups is 1. The summed E-state index contributed by atoms with van der Waals surface area (Å²) in [5, 5.41) is 3.33. The van der Waals surface area contributed by atoms with Gasteiger partial charge in [0.25, 0.3) is 0 Å². The molecule has 0 spiro atoms. The Morgan fingerprint density at radius 1 is 1.47 bits per heavy atom. The molecule has 17 heavy (non-hydrogen) atoms. The van der Waals surface area contributed by atoms with Crippen molar-refractivity contribution in [3.8, 4) is 5.75 Å². The standard InChI is InChI=1S/C13H22N2OS/c1-4-17-10-6-9-15-13-12(16-11(2)3)7-5-8-14-13/h5,7-8,11H,4,6,9-10H2,1-3H3,(H,14,15). The highest BCUT2D eigenvalue weighted by Crippen LogP contribution is 2.21. The SMILES string of the molecule is CCSCCCNc1ncccc1OC(C)C. The summed E-state index contributed by atoms with van der Waals surface area (Å²) in [5.41, 5.74) is 0. The Kier molecular flexibility index (Phi) is 6.86. The van der Waals surface area contributed by atoms with Crippen LogP contribution in [0.4, 0.5) is 5.82 Å². The van der Waals surface area contributed by atoms with E-state index < -0.39 is 0 Å². The largest absolute Gasteiger partial charge is 0.487 e. The van der Waals surface area contributed by atoms with Crippen LogP contribution in [0.1, 0.15) is 27.2 Å². The van der Waals surface area contributed by atoms with Crippen molar-refractivity contribution in [1.29, 1.82) is 0 Å². The van der Waals surface area contributed by atoms with Crippen LogP contribution < -0.4 is 10.1 Å². The predicted octanol–water partition coefficient (Wildman–Crippen LogP) is 3.42. The van der Waals surface area contributed by atoms with Gasteiger partial charge in [-0.15, -0.1) is 0 Å². The van der Waals surface area contributed by atoms with Crippen LogP contribution in [-0.4, -0.2) is 29.1 Å². The van der Waals surface area contributed by atoms with Gasteiger partial charge >= 0.3 is 0 Å². The molecule has 0 radical (unpaired) electrons. The lowest BCUT2D eigenvalue weighted by Gasteiger charge is -2.14. The molecule has 0 amide bonds. The first-order valence-electron chi connectivity index (χ1n) is 6.17. The summed E-state index contributed by atoms with van der Waals surface area (Å²) >= 11 is 1.97. The topological polar surface area (TPSA) is 34.2 Å². The van der Waals surface area contributed by atoms with Crippen molar-refractivity contribution in [3.05, 3.63) is 18.3 Å². The molecule has 0 aliphatic carbocycles. The Morgan fingerprint density at radius 2 is 2.29 bits per heavy atom. The molecule has 0 bridgehead atoms. The summed E-state index contributed by atoms with van der Waals surface area (Å²) in [5.74, 6) is 4.07. The maximum absolute atomic E-state index is 5.69. The lowest BCUT2D eigenvalue weighted by molar-refractivity contribution is 0.243. The Morgan fingerprint density at radius 3 is 3.00 bits per heavy atom. The number of hydrogen-bond acceptors (Lipinski definition) is 4. The fraction of sp³-hybridized carbons (Fsp3) is 0.615. The molecule has 1 N–H and O–H groups in total. The fourth-order valence-corrected chi connectivity index (χ4v) is 2.03. The van der Waals surface area contributed by atoms with Gasteiger partial charge < -0.3 is 10.1 Å². The zero-order chi connectivity index (χ0) is 12.5. The van der Waals surface area contributed by atoms with E-state index in [2.05, 4.69) is 17.2 Å². The normalized spacial score (nSPS) is 10.6. The Labute approximate surface area is 108 Å². The maximum atomic E-state index is 5.69. The van der Waals surface area contributed by atoms with Crippen LogP contribution in [0.3, 0.4) is 0 Å². The minimum atomic E-state index is 0.176. The van der Waals surface area contributed by atoms with Gasteiger partial charge in [0.15, 0.2) is 11.6 Å². The molecule has 0 saturated carbocycles. The average molecular weight is 254 g/mol. The zero-order valence-corrected chi connectivity index (χ0v) is 11.7. The molecule has 0 fully saturated rings. The molecule has 0 aliphatic rings. The molecular weight excluding hydrogens is 232 g/mol. The van der Waals surface area contributed by atoms with Crippen LogP contribution >= 0.6 is 11.8 Å². The van der Waals surface area contributed by atoms with Crippen molar-refractivity contribution in [2.24, 2.45) is 0 Å². The van der Waals surface area contributed by atoms with Gasteiger partial charge in [-0.25, -0.2) is 4.98 Å². The minimum Gasteiger partial charge on any atom is -0.487 e. The molecule has 1 aromatic rings. The lowest BCUT2D eigenvalue weighted by atomic mass is 10.4. The molecule has 0 saturated heterocycles. The van der Waals surface area contributed by atoms with Crippen molar-refractivity contribution >= 4 is 17.6 Å². The van der Waals surface area contributed by atoms with E-state index in [1.807, 2.05) is 37.7 Å². The monoisotopic (exact) mass is 254 g/mol. The number of nitrogens with zero attached hydrogens (tertiary/aromatic N) is 1. The number of nitrogens with one attached hydrogen (secondary N) is 1. The second kappa shape index (κ2) is 8.23. The van der Waals surface area contributed by atoms with E-state index in [1.54, 1.807) is 6.20 Å². The smallest absolute Gasteiger partial charge is 0.168 e. The highest BCUT2D eigenvalue weighted by atomic mass is 32.2. The van der Waals surface area contributed by atoms with Gasteiger partial charge in [-0.3, -0.25) is 0 Å². The number of anilines is 1. The third-order valence-electron chi connectivity index (χ3n) is 2.10. The third kappa shape index (κ3) is 5.82. The van der Waals surface area contributed by atoms with E-state index in [9.17, 15) is 0 Å². The molecular formula is C13H22N2OS. The van der Waals surface area contributed by atoms with E-state index in [4.69, 9.17) is 4.74 Å². The molecule has 1 heterocycles. The van der Waals surface area contributed by atoms with Crippen LogP contribution in [-0.2, 0) is 0 Å². The summed E-state index contributed by atoms with van der Waals surface area (Å²) < 4.78 is 5.69. The second-order valence-electron chi connectivity index (χ2n) is 3.99. The van der Waals surface area contributed by atoms with Gasteiger partial charge in [0.2, 0.25) is 0 Å². The zero-order valence-electron chi connectivity index (χ0n) is 10.9. The van der Waals surface area contributed by atoms with Crippen molar-refractivity contribution in [1.82, 2.24) is 4.98 Å². The van der Waals surface area contributed by atoms with Crippen molar-refractivity contribution < 1.29 is 4.74 Å². The van der Waals surface area contributed by atoms with Crippen LogP contribution in [0.2, 0.25) is 0 Å². The van der Waals surface area contributed by atoms with E-state index in [-0.39, 0.29) is 6.10 Å². The van der Waals surface area contributed by atoms with Gasteiger partial charge in [0, 0.05) is 12.7 Å². The van der Waals surface area contributed by atoms with E-state index >= 15 is 0 Å². The van der Waals surface area contributed by atoms with Crippen molar-refractivity contribution in [3.63, 3.8) is 0 Å². The molecule has 0 unspecified atom stereocenters. The number of hydrogen-bond donors (Lipinski definition) is 1. The van der Waals surface area contributed by atoms with Crippen molar-refractivity contribution in [2.75, 3.05) is 23.4 Å². The average Bonchev–Trinajstić information content (AvgIpc) is 2.30. The summed E-state index contributed by atoms with van der Waals surface area (Å²) in [7, 11) is 0. The fourth-order valence-electron chi connectivity index (χ4n) is 1.40. The Balaban J connectivity index is 2.40. The summed E-state index contributed by atoms with van der Waals surface area (Å²) in [4.78, 5) is 4.31. The summed E-state index contributed by atoms with van der Waals surface area (Å²) in [6.45, 7) is 7.17. The molecule has 3 nitrogen and oxygen atoms in total. The first-order chi connectivity index (χ1) is 8.24. The van der Waals surface area contributed by atoms with Crippen LogP contribution in [0.5, 0.6) is 5.75 Å². The number of aromatic nitrogens is 1. The van der Waals surface area contributed by atoms with Gasteiger partial charge in [0.1, 0.15) is 0 Å². The quantitative estimate of drug-likeness (QED) is 0.721. The molecule has 4 heteroatoms. The number of rotatable bonds is 8. The van der Waals surface area contributed by atoms with Gasteiger partial charge in [-0.1, -0.05) is 6.92 Å². The minimum absolute atomic E-state index is 0.176. The highest BCUT2D eigenvalue weighted by molar-refractivity contribution is 7.99. The third-order valence-corrected chi connectivity index (χ3v) is 3.08. The van der Waals surface area contributed by atoms with E-state index in [0.29, 0.717) is 0 Å². The molecule has 1 rings (SSSR count). The van der Waals surface area contributed by atoms with Crippen LogP contribution in [0.25, 0.3) is 0 Å². The highest BCUT2D eigenvalue weighted by Gasteiger charge is 2.05. The first kappa shape index (κ1) is 14.2. The van der Waals surface area contributed by atoms with Gasteiger partial charge in [0.05, 0.1) is 6.10 Å². The van der Waals surface area contributed by atoms with Crippen molar-refractivity contribution in [2.45, 2.75) is 33.3 Å². The molecule has 0 atom stereocenters. The Bertz CT molecular complexity index is 318. The predicted molar refractivity (Wildman–Crippen MR) is 76.1 cm³/mol. The number of pyridine rings is 1. The van der Waals surface area contributed by atoms with Crippen LogP contribution in [0.15, 0.2) is 18.3 Å². The van der Waals surface area contributed by atoms with E-state index in [0.717, 1.165) is 24.5 Å². The number of ether oxygens (including phenoxy) is 1. The second-order valence-corrected chi connectivity index (χ2v) is 5.39. The maximum Gasteiger partial charge on any atom is 0.168 e. The molecule has 1 aromatic heterocycles. The molecule has 96 valence electrons. The lowest BCUT2D eigenvalue weighted by Crippen LogP contribution is -2.10. The summed E-state index contributed by atoms with van der Waals surface area (Å²) in [6.07, 6.45) is 3.11. The Hall–Kier alpha value is -0.900. The van der Waals surface area contributed by atoms with Crippen LogP contribution in [0, 0.1) is 0 Å². The molecule has 0 aliphatic heterocycles. The van der Waals surface area contributed by atoms with Gasteiger partial charge in [-0.05, 0) is 43.9 Å². The molecule has 0 aromatic carbocycles. The summed E-state index contributed by atoms with van der Waals surface area (Å²) in [6, 6.07) is 3.85.